The summed E-state index contributed by atoms with van der Waals surface area (Å²) in [6, 6.07) is 10.0. The molecule has 0 fully saturated rings. The standard InChI is InChI=1S/C18H21N3OS/c1-3-20(4-2)10-11-21-13-19-17-16(18(21)22)15(12-23-17)14-8-6-5-7-9-14/h5-9,12-13H,3-4,10-11H2,1-2H3. The fourth-order valence-corrected chi connectivity index (χ4v) is 3.65. The summed E-state index contributed by atoms with van der Waals surface area (Å²) in [6.07, 6.45) is 1.68. The van der Waals surface area contributed by atoms with E-state index in [0.29, 0.717) is 6.54 Å². The molecule has 2 heterocycles. The van der Waals surface area contributed by atoms with Crippen molar-refractivity contribution in [3.05, 3.63) is 52.4 Å². The van der Waals surface area contributed by atoms with Gasteiger partial charge in [-0.15, -0.1) is 11.3 Å². The van der Waals surface area contributed by atoms with Crippen LogP contribution in [0.4, 0.5) is 0 Å². The fraction of sp³-hybridized carbons (Fsp3) is 0.333. The minimum absolute atomic E-state index is 0.0576. The molecule has 0 amide bonds. The van der Waals surface area contributed by atoms with Gasteiger partial charge in [-0.25, -0.2) is 4.98 Å². The molecule has 0 aliphatic carbocycles. The van der Waals surface area contributed by atoms with Crippen LogP contribution in [0.1, 0.15) is 13.8 Å². The van der Waals surface area contributed by atoms with Crippen LogP contribution in [-0.4, -0.2) is 34.1 Å². The molecule has 0 aliphatic heterocycles. The summed E-state index contributed by atoms with van der Waals surface area (Å²) < 4.78 is 1.74. The van der Waals surface area contributed by atoms with Crippen LogP contribution >= 0.6 is 11.3 Å². The van der Waals surface area contributed by atoms with Gasteiger partial charge in [-0.2, -0.15) is 0 Å². The van der Waals surface area contributed by atoms with E-state index in [1.54, 1.807) is 10.9 Å². The molecule has 3 aromatic rings. The first-order valence-corrected chi connectivity index (χ1v) is 8.87. The number of likely N-dealkylation sites (N-methyl/N-ethyl adjacent to an activating group) is 1. The summed E-state index contributed by atoms with van der Waals surface area (Å²) in [4.78, 5) is 20.5. The van der Waals surface area contributed by atoms with E-state index < -0.39 is 0 Å². The van der Waals surface area contributed by atoms with E-state index in [4.69, 9.17) is 0 Å². The monoisotopic (exact) mass is 327 g/mol. The van der Waals surface area contributed by atoms with Gasteiger partial charge >= 0.3 is 0 Å². The number of fused-ring (bicyclic) bond motifs is 1. The summed E-state index contributed by atoms with van der Waals surface area (Å²) in [7, 11) is 0. The first-order chi connectivity index (χ1) is 11.2. The Bertz CT molecular complexity index is 834. The number of hydrogen-bond donors (Lipinski definition) is 0. The highest BCUT2D eigenvalue weighted by molar-refractivity contribution is 7.17. The lowest BCUT2D eigenvalue weighted by molar-refractivity contribution is 0.289. The number of nitrogens with zero attached hydrogens (tertiary/aromatic N) is 3. The van der Waals surface area contributed by atoms with Crippen LogP contribution < -0.4 is 5.56 Å². The predicted octanol–water partition coefficient (Wildman–Crippen LogP) is 3.47. The van der Waals surface area contributed by atoms with Gasteiger partial charge in [-0.05, 0) is 18.7 Å². The Morgan fingerprint density at radius 1 is 1.17 bits per heavy atom. The number of thiophene rings is 1. The van der Waals surface area contributed by atoms with Crippen molar-refractivity contribution in [2.45, 2.75) is 20.4 Å². The maximum atomic E-state index is 12.9. The van der Waals surface area contributed by atoms with Gasteiger partial charge < -0.3 is 4.90 Å². The minimum atomic E-state index is 0.0576. The van der Waals surface area contributed by atoms with Gasteiger partial charge in [0.15, 0.2) is 0 Å². The molecule has 5 heteroatoms. The number of benzene rings is 1. The molecular weight excluding hydrogens is 306 g/mol. The number of aromatic nitrogens is 2. The lowest BCUT2D eigenvalue weighted by Crippen LogP contribution is -2.31. The van der Waals surface area contributed by atoms with Crippen molar-refractivity contribution >= 4 is 21.6 Å². The number of hydrogen-bond acceptors (Lipinski definition) is 4. The second kappa shape index (κ2) is 7.06. The minimum Gasteiger partial charge on any atom is -0.302 e. The van der Waals surface area contributed by atoms with Crippen molar-refractivity contribution in [3.63, 3.8) is 0 Å². The quantitative estimate of drug-likeness (QED) is 0.696. The molecule has 3 rings (SSSR count). The van der Waals surface area contributed by atoms with E-state index in [2.05, 4.69) is 23.7 Å². The molecule has 2 aromatic heterocycles. The van der Waals surface area contributed by atoms with E-state index in [-0.39, 0.29) is 5.56 Å². The summed E-state index contributed by atoms with van der Waals surface area (Å²) in [5.74, 6) is 0. The lowest BCUT2D eigenvalue weighted by Gasteiger charge is -2.18. The Kier molecular flexibility index (Phi) is 4.88. The summed E-state index contributed by atoms with van der Waals surface area (Å²) in [5, 5.41) is 2.77. The highest BCUT2D eigenvalue weighted by Gasteiger charge is 2.13. The molecule has 4 nitrogen and oxygen atoms in total. The van der Waals surface area contributed by atoms with Crippen molar-refractivity contribution in [1.82, 2.24) is 14.5 Å². The van der Waals surface area contributed by atoms with Gasteiger partial charge in [-0.3, -0.25) is 9.36 Å². The second-order valence-corrected chi connectivity index (χ2v) is 6.32. The van der Waals surface area contributed by atoms with Crippen LogP contribution in [0.15, 0.2) is 46.8 Å². The van der Waals surface area contributed by atoms with Crippen LogP contribution in [0.2, 0.25) is 0 Å². The molecule has 0 atom stereocenters. The first kappa shape index (κ1) is 15.9. The molecule has 0 bridgehead atoms. The zero-order valence-electron chi connectivity index (χ0n) is 13.5. The Hall–Kier alpha value is -1.98. The smallest absolute Gasteiger partial charge is 0.262 e. The Balaban J connectivity index is 2.00. The first-order valence-electron chi connectivity index (χ1n) is 7.99. The molecule has 0 radical (unpaired) electrons. The zero-order chi connectivity index (χ0) is 16.2. The van der Waals surface area contributed by atoms with Gasteiger partial charge in [0.05, 0.1) is 11.7 Å². The molecule has 0 N–H and O–H groups in total. The van der Waals surface area contributed by atoms with Crippen molar-refractivity contribution < 1.29 is 0 Å². The van der Waals surface area contributed by atoms with E-state index in [1.807, 2.05) is 35.7 Å². The Morgan fingerprint density at radius 2 is 1.91 bits per heavy atom. The SMILES string of the molecule is CCN(CC)CCn1cnc2scc(-c3ccccc3)c2c1=O. The van der Waals surface area contributed by atoms with Crippen molar-refractivity contribution in [1.29, 1.82) is 0 Å². The maximum Gasteiger partial charge on any atom is 0.262 e. The fourth-order valence-electron chi connectivity index (χ4n) is 2.75. The second-order valence-electron chi connectivity index (χ2n) is 5.47. The summed E-state index contributed by atoms with van der Waals surface area (Å²) >= 11 is 1.53. The molecule has 0 saturated carbocycles. The van der Waals surface area contributed by atoms with Crippen LogP contribution in [0.3, 0.4) is 0 Å². The van der Waals surface area contributed by atoms with E-state index >= 15 is 0 Å². The third kappa shape index (κ3) is 3.21. The third-order valence-electron chi connectivity index (χ3n) is 4.20. The van der Waals surface area contributed by atoms with Crippen molar-refractivity contribution in [2.24, 2.45) is 0 Å². The average molecular weight is 327 g/mol. The van der Waals surface area contributed by atoms with Crippen LogP contribution in [-0.2, 0) is 6.54 Å². The van der Waals surface area contributed by atoms with Gasteiger partial charge in [-0.1, -0.05) is 44.2 Å². The molecule has 0 unspecified atom stereocenters. The molecule has 0 aliphatic rings. The Labute approximate surface area is 140 Å². The molecular formula is C18H21N3OS. The largest absolute Gasteiger partial charge is 0.302 e. The van der Waals surface area contributed by atoms with E-state index in [9.17, 15) is 4.79 Å². The van der Waals surface area contributed by atoms with Gasteiger partial charge in [0.25, 0.3) is 5.56 Å². The van der Waals surface area contributed by atoms with Gasteiger partial charge in [0.1, 0.15) is 4.83 Å². The van der Waals surface area contributed by atoms with Gasteiger partial charge in [0.2, 0.25) is 0 Å². The Morgan fingerprint density at radius 3 is 2.61 bits per heavy atom. The zero-order valence-corrected chi connectivity index (χ0v) is 14.3. The molecule has 1 aromatic carbocycles. The van der Waals surface area contributed by atoms with E-state index in [0.717, 1.165) is 41.0 Å². The predicted molar refractivity (Wildman–Crippen MR) is 97.1 cm³/mol. The van der Waals surface area contributed by atoms with Gasteiger partial charge in [0, 0.05) is 24.0 Å². The van der Waals surface area contributed by atoms with Crippen molar-refractivity contribution in [3.8, 4) is 11.1 Å². The summed E-state index contributed by atoms with van der Waals surface area (Å²) in [5.41, 5.74) is 2.11. The molecule has 120 valence electrons. The topological polar surface area (TPSA) is 38.1 Å². The van der Waals surface area contributed by atoms with Crippen LogP contribution in [0, 0.1) is 0 Å². The highest BCUT2D eigenvalue weighted by Crippen LogP contribution is 2.30. The van der Waals surface area contributed by atoms with Crippen LogP contribution in [0.5, 0.6) is 0 Å². The normalized spacial score (nSPS) is 11.4. The molecule has 0 spiro atoms. The highest BCUT2D eigenvalue weighted by atomic mass is 32.1. The molecule has 0 saturated heterocycles. The molecule has 23 heavy (non-hydrogen) atoms. The van der Waals surface area contributed by atoms with Crippen LogP contribution in [0.25, 0.3) is 21.3 Å². The summed E-state index contributed by atoms with van der Waals surface area (Å²) in [6.45, 7) is 7.81. The maximum absolute atomic E-state index is 12.9. The number of rotatable bonds is 6. The third-order valence-corrected chi connectivity index (χ3v) is 5.08. The van der Waals surface area contributed by atoms with Crippen molar-refractivity contribution in [2.75, 3.05) is 19.6 Å². The van der Waals surface area contributed by atoms with E-state index in [1.165, 1.54) is 11.3 Å². The average Bonchev–Trinajstić information content (AvgIpc) is 3.03. The lowest BCUT2D eigenvalue weighted by atomic mass is 10.1.